The third kappa shape index (κ3) is 4.82. The van der Waals surface area contributed by atoms with E-state index < -0.39 is 23.7 Å². The van der Waals surface area contributed by atoms with Crippen LogP contribution in [0.3, 0.4) is 0 Å². The van der Waals surface area contributed by atoms with Crippen molar-refractivity contribution in [2.24, 2.45) is 0 Å². The van der Waals surface area contributed by atoms with E-state index in [-0.39, 0.29) is 5.69 Å². The first-order chi connectivity index (χ1) is 15.9. The maximum atomic E-state index is 13.7. The van der Waals surface area contributed by atoms with E-state index in [4.69, 9.17) is 9.47 Å². The molecule has 0 aliphatic heterocycles. The van der Waals surface area contributed by atoms with E-state index in [1.807, 2.05) is 30.3 Å². The third-order valence-corrected chi connectivity index (χ3v) is 4.74. The molecule has 33 heavy (non-hydrogen) atoms. The molecule has 0 bridgehead atoms. The summed E-state index contributed by atoms with van der Waals surface area (Å²) in [5.41, 5.74) is 0.981. The second-order valence-corrected chi connectivity index (χ2v) is 6.90. The molecule has 0 spiro atoms. The third-order valence-electron chi connectivity index (χ3n) is 4.74. The Hall–Kier alpha value is -4.27. The number of aromatic nitrogens is 2. The van der Waals surface area contributed by atoms with Gasteiger partial charge < -0.3 is 9.47 Å². The fourth-order valence-corrected chi connectivity index (χ4v) is 3.30. The molecule has 4 rings (SSSR count). The number of rotatable bonds is 5. The molecule has 168 valence electrons. The number of hydrogen-bond acceptors (Lipinski definition) is 4. The summed E-state index contributed by atoms with van der Waals surface area (Å²) in [7, 11) is 1.48. The maximum absolute atomic E-state index is 13.7. The van der Waals surface area contributed by atoms with E-state index in [9.17, 15) is 18.0 Å². The van der Waals surface area contributed by atoms with Gasteiger partial charge >= 0.3 is 12.3 Å². The maximum Gasteiger partial charge on any atom is 0.437 e. The molecule has 0 aliphatic rings. The quantitative estimate of drug-likeness (QED) is 0.392. The number of hydrogen-bond donors (Lipinski definition) is 1. The van der Waals surface area contributed by atoms with Gasteiger partial charge in [0.05, 0.1) is 19.0 Å². The zero-order valence-electron chi connectivity index (χ0n) is 17.3. The van der Waals surface area contributed by atoms with Gasteiger partial charge in [0, 0.05) is 17.3 Å². The van der Waals surface area contributed by atoms with E-state index in [1.54, 1.807) is 36.4 Å². The van der Waals surface area contributed by atoms with Gasteiger partial charge in [0.2, 0.25) is 0 Å². The summed E-state index contributed by atoms with van der Waals surface area (Å²) in [6, 6.07) is 22.1. The molecule has 9 heteroatoms. The Labute approximate surface area is 187 Å². The standard InChI is InChI=1S/C24H18F3N3O3/c1-32-20-14-17(12-13-19(20)16-8-4-2-5-9-16)29-23(31)33-21-15-28-30(22(21)24(25,26)27)18-10-6-3-7-11-18/h2-15H,1H3,(H,29,31). The lowest BCUT2D eigenvalue weighted by Gasteiger charge is -2.14. The molecule has 1 heterocycles. The molecule has 3 aromatic carbocycles. The summed E-state index contributed by atoms with van der Waals surface area (Å²) in [5.74, 6) is -0.233. The van der Waals surface area contributed by atoms with Crippen LogP contribution in [0.5, 0.6) is 11.5 Å². The van der Waals surface area contributed by atoms with Crippen LogP contribution in [0.1, 0.15) is 5.69 Å². The zero-order chi connectivity index (χ0) is 23.4. The van der Waals surface area contributed by atoms with Gasteiger partial charge in [0.1, 0.15) is 5.75 Å². The molecule has 4 aromatic rings. The first-order valence-electron chi connectivity index (χ1n) is 9.80. The normalized spacial score (nSPS) is 11.2. The number of amides is 1. The van der Waals surface area contributed by atoms with E-state index in [2.05, 4.69) is 10.4 Å². The lowest BCUT2D eigenvalue weighted by molar-refractivity contribution is -0.143. The van der Waals surface area contributed by atoms with Gasteiger partial charge in [-0.1, -0.05) is 48.5 Å². The Morgan fingerprint density at radius 3 is 2.24 bits per heavy atom. The predicted octanol–water partition coefficient (Wildman–Crippen LogP) is 6.18. The van der Waals surface area contributed by atoms with Crippen molar-refractivity contribution in [2.45, 2.75) is 6.18 Å². The van der Waals surface area contributed by atoms with E-state index in [0.717, 1.165) is 17.3 Å². The van der Waals surface area contributed by atoms with Crippen molar-refractivity contribution in [1.82, 2.24) is 9.78 Å². The van der Waals surface area contributed by atoms with Crippen LogP contribution in [0.2, 0.25) is 0 Å². The highest BCUT2D eigenvalue weighted by Gasteiger charge is 2.40. The SMILES string of the molecule is COc1cc(NC(=O)Oc2cnn(-c3ccccc3)c2C(F)(F)F)ccc1-c1ccccc1. The minimum atomic E-state index is -4.80. The van der Waals surface area contributed by atoms with Gasteiger partial charge in [-0.15, -0.1) is 0 Å². The largest absolute Gasteiger partial charge is 0.496 e. The number of methoxy groups -OCH3 is 1. The average molecular weight is 453 g/mol. The van der Waals surface area contributed by atoms with Crippen molar-refractivity contribution < 1.29 is 27.4 Å². The fourth-order valence-electron chi connectivity index (χ4n) is 3.30. The van der Waals surface area contributed by atoms with Crippen LogP contribution in [0.25, 0.3) is 16.8 Å². The van der Waals surface area contributed by atoms with E-state index in [0.29, 0.717) is 16.1 Å². The van der Waals surface area contributed by atoms with Crippen LogP contribution in [0.15, 0.2) is 85.1 Å². The lowest BCUT2D eigenvalue weighted by atomic mass is 10.0. The second kappa shape index (κ2) is 9.07. The number of anilines is 1. The highest BCUT2D eigenvalue weighted by molar-refractivity contribution is 5.88. The number of alkyl halides is 3. The monoisotopic (exact) mass is 453 g/mol. The number of nitrogens with zero attached hydrogens (tertiary/aromatic N) is 2. The van der Waals surface area contributed by atoms with E-state index in [1.165, 1.54) is 19.2 Å². The number of halogens is 3. The Kier molecular flexibility index (Phi) is 6.03. The molecule has 1 amide bonds. The number of benzene rings is 3. The van der Waals surface area contributed by atoms with Crippen molar-refractivity contribution in [1.29, 1.82) is 0 Å². The average Bonchev–Trinajstić information content (AvgIpc) is 3.24. The Morgan fingerprint density at radius 2 is 1.61 bits per heavy atom. The summed E-state index contributed by atoms with van der Waals surface area (Å²) in [5, 5.41) is 6.18. The topological polar surface area (TPSA) is 65.4 Å². The molecule has 0 saturated carbocycles. The molecule has 0 aliphatic carbocycles. The molecule has 0 fully saturated rings. The van der Waals surface area contributed by atoms with Crippen LogP contribution in [0.4, 0.5) is 23.7 Å². The molecule has 1 aromatic heterocycles. The number of ether oxygens (including phenoxy) is 2. The highest BCUT2D eigenvalue weighted by Crippen LogP contribution is 2.38. The predicted molar refractivity (Wildman–Crippen MR) is 117 cm³/mol. The minimum Gasteiger partial charge on any atom is -0.496 e. The van der Waals surface area contributed by atoms with Gasteiger partial charge in [-0.3, -0.25) is 5.32 Å². The highest BCUT2D eigenvalue weighted by atomic mass is 19.4. The first kappa shape index (κ1) is 21.9. The molecule has 6 nitrogen and oxygen atoms in total. The number of carbonyl (C=O) groups excluding carboxylic acids is 1. The Balaban J connectivity index is 1.57. The van der Waals surface area contributed by atoms with Gasteiger partial charge in [-0.25, -0.2) is 9.48 Å². The number of carbonyl (C=O) groups is 1. The summed E-state index contributed by atoms with van der Waals surface area (Å²) >= 11 is 0. The van der Waals surface area contributed by atoms with Crippen molar-refractivity contribution in [3.05, 3.63) is 90.8 Å². The van der Waals surface area contributed by atoms with Crippen LogP contribution in [-0.4, -0.2) is 23.0 Å². The van der Waals surface area contributed by atoms with Crippen LogP contribution in [-0.2, 0) is 6.18 Å². The second-order valence-electron chi connectivity index (χ2n) is 6.90. The van der Waals surface area contributed by atoms with Gasteiger partial charge in [-0.2, -0.15) is 18.3 Å². The molecular weight excluding hydrogens is 435 g/mol. The van der Waals surface area contributed by atoms with Gasteiger partial charge in [0.15, 0.2) is 11.4 Å². The van der Waals surface area contributed by atoms with Gasteiger partial charge in [-0.05, 0) is 29.8 Å². The molecule has 0 unspecified atom stereocenters. The van der Waals surface area contributed by atoms with Crippen molar-refractivity contribution >= 4 is 11.8 Å². The molecule has 1 N–H and O–H groups in total. The molecular formula is C24H18F3N3O3. The Morgan fingerprint density at radius 1 is 0.939 bits per heavy atom. The van der Waals surface area contributed by atoms with Crippen LogP contribution in [0, 0.1) is 0 Å². The van der Waals surface area contributed by atoms with Crippen molar-refractivity contribution in [3.8, 4) is 28.3 Å². The smallest absolute Gasteiger partial charge is 0.437 e. The van der Waals surface area contributed by atoms with Crippen molar-refractivity contribution in [2.75, 3.05) is 12.4 Å². The minimum absolute atomic E-state index is 0.182. The summed E-state index contributed by atoms with van der Waals surface area (Å²) in [6.07, 6.45) is -5.04. The summed E-state index contributed by atoms with van der Waals surface area (Å²) < 4.78 is 52.2. The summed E-state index contributed by atoms with van der Waals surface area (Å²) in [4.78, 5) is 12.4. The fraction of sp³-hybridized carbons (Fsp3) is 0.0833. The van der Waals surface area contributed by atoms with Crippen LogP contribution >= 0.6 is 0 Å². The molecule has 0 saturated heterocycles. The molecule has 0 atom stereocenters. The number of para-hydroxylation sites is 1. The molecule has 0 radical (unpaired) electrons. The van der Waals surface area contributed by atoms with Crippen LogP contribution < -0.4 is 14.8 Å². The Bertz CT molecular complexity index is 1260. The first-order valence-corrected chi connectivity index (χ1v) is 9.80. The van der Waals surface area contributed by atoms with E-state index >= 15 is 0 Å². The number of nitrogens with one attached hydrogen (secondary N) is 1. The van der Waals surface area contributed by atoms with Gasteiger partial charge in [0.25, 0.3) is 0 Å². The lowest BCUT2D eigenvalue weighted by Crippen LogP contribution is -2.20. The van der Waals surface area contributed by atoms with Crippen molar-refractivity contribution in [3.63, 3.8) is 0 Å². The summed E-state index contributed by atoms with van der Waals surface area (Å²) in [6.45, 7) is 0. The zero-order valence-corrected chi connectivity index (χ0v) is 17.3.